The summed E-state index contributed by atoms with van der Waals surface area (Å²) in [6.45, 7) is 5.87. The predicted molar refractivity (Wildman–Crippen MR) is 131 cm³/mol. The lowest BCUT2D eigenvalue weighted by atomic mass is 10.1. The SMILES string of the molecule is Cc1nn(C)c(C)c1CCCNC(=NCC(=O)N(C)C)NCCc1cccs1.I. The van der Waals surface area contributed by atoms with Crippen molar-refractivity contribution in [1.82, 2.24) is 25.3 Å². The number of carbonyl (C=O) groups excluding carboxylic acids is 1. The number of halogens is 1. The predicted octanol–water partition coefficient (Wildman–Crippen LogP) is 2.52. The first-order chi connectivity index (χ1) is 13.4. The number of aromatic nitrogens is 2. The Hall–Kier alpha value is -1.62. The number of nitrogens with zero attached hydrogens (tertiary/aromatic N) is 4. The van der Waals surface area contributed by atoms with Crippen LogP contribution < -0.4 is 10.6 Å². The van der Waals surface area contributed by atoms with Crippen molar-refractivity contribution < 1.29 is 4.79 Å². The van der Waals surface area contributed by atoms with E-state index in [-0.39, 0.29) is 36.4 Å². The van der Waals surface area contributed by atoms with Gasteiger partial charge in [-0.1, -0.05) is 6.07 Å². The Morgan fingerprint density at radius 1 is 1.24 bits per heavy atom. The number of hydrogen-bond donors (Lipinski definition) is 2. The van der Waals surface area contributed by atoms with Crippen molar-refractivity contribution in [2.75, 3.05) is 33.7 Å². The van der Waals surface area contributed by atoms with Crippen molar-refractivity contribution in [1.29, 1.82) is 0 Å². The zero-order valence-corrected chi connectivity index (χ0v) is 21.1. The zero-order valence-electron chi connectivity index (χ0n) is 18.0. The highest BCUT2D eigenvalue weighted by Crippen LogP contribution is 2.13. The molecule has 1 amide bonds. The average molecular weight is 532 g/mol. The highest BCUT2D eigenvalue weighted by molar-refractivity contribution is 14.0. The number of guanidine groups is 1. The molecule has 7 nitrogen and oxygen atoms in total. The number of aliphatic imine (C=N–C) groups is 1. The van der Waals surface area contributed by atoms with Crippen LogP contribution >= 0.6 is 35.3 Å². The van der Waals surface area contributed by atoms with Crippen LogP contribution in [0.15, 0.2) is 22.5 Å². The molecule has 0 saturated carbocycles. The maximum atomic E-state index is 11.9. The summed E-state index contributed by atoms with van der Waals surface area (Å²) in [4.78, 5) is 19.2. The highest BCUT2D eigenvalue weighted by atomic mass is 127. The van der Waals surface area contributed by atoms with Gasteiger partial charge in [0.25, 0.3) is 0 Å². The molecule has 2 N–H and O–H groups in total. The number of aryl methyl sites for hydroxylation is 2. The van der Waals surface area contributed by atoms with Crippen LogP contribution in [0, 0.1) is 13.8 Å². The maximum Gasteiger partial charge on any atom is 0.243 e. The van der Waals surface area contributed by atoms with Gasteiger partial charge in [-0.15, -0.1) is 35.3 Å². The van der Waals surface area contributed by atoms with Gasteiger partial charge in [-0.05, 0) is 50.1 Å². The van der Waals surface area contributed by atoms with Gasteiger partial charge in [0, 0.05) is 44.8 Å². The summed E-state index contributed by atoms with van der Waals surface area (Å²) < 4.78 is 1.93. The number of amides is 1. The first kappa shape index (κ1) is 25.4. The van der Waals surface area contributed by atoms with Crippen LogP contribution in [-0.4, -0.2) is 60.3 Å². The van der Waals surface area contributed by atoms with Gasteiger partial charge in [0.15, 0.2) is 5.96 Å². The molecule has 0 atom stereocenters. The molecule has 0 bridgehead atoms. The fourth-order valence-corrected chi connectivity index (χ4v) is 3.58. The molecular formula is C20H33IN6OS. The molecular weight excluding hydrogens is 499 g/mol. The van der Waals surface area contributed by atoms with Crippen molar-refractivity contribution in [3.8, 4) is 0 Å². The van der Waals surface area contributed by atoms with E-state index in [4.69, 9.17) is 0 Å². The van der Waals surface area contributed by atoms with Crippen LogP contribution in [0.5, 0.6) is 0 Å². The third kappa shape index (κ3) is 8.33. The first-order valence-electron chi connectivity index (χ1n) is 9.62. The van der Waals surface area contributed by atoms with E-state index < -0.39 is 0 Å². The summed E-state index contributed by atoms with van der Waals surface area (Å²) in [6.07, 6.45) is 2.88. The van der Waals surface area contributed by atoms with E-state index in [9.17, 15) is 4.79 Å². The minimum atomic E-state index is -0.0130. The van der Waals surface area contributed by atoms with E-state index in [2.05, 4.69) is 52.1 Å². The molecule has 9 heteroatoms. The van der Waals surface area contributed by atoms with Crippen LogP contribution in [0.1, 0.15) is 28.2 Å². The van der Waals surface area contributed by atoms with Crippen LogP contribution in [-0.2, 0) is 24.7 Å². The topological polar surface area (TPSA) is 74.5 Å². The lowest BCUT2D eigenvalue weighted by molar-refractivity contribution is -0.127. The zero-order chi connectivity index (χ0) is 20.5. The molecule has 2 aromatic heterocycles. The van der Waals surface area contributed by atoms with Crippen LogP contribution in [0.25, 0.3) is 0 Å². The number of hydrogen-bond acceptors (Lipinski definition) is 4. The molecule has 2 aromatic rings. The molecule has 0 radical (unpaired) electrons. The second-order valence-corrected chi connectivity index (χ2v) is 8.04. The van der Waals surface area contributed by atoms with Gasteiger partial charge in [0.1, 0.15) is 6.54 Å². The Bertz CT molecular complexity index is 785. The lowest BCUT2D eigenvalue weighted by Crippen LogP contribution is -2.40. The number of thiophene rings is 1. The normalized spacial score (nSPS) is 11.1. The smallest absolute Gasteiger partial charge is 0.243 e. The average Bonchev–Trinajstić information content (AvgIpc) is 3.25. The molecule has 0 aliphatic carbocycles. The summed E-state index contributed by atoms with van der Waals surface area (Å²) in [7, 11) is 5.47. The number of carbonyl (C=O) groups is 1. The fraction of sp³-hybridized carbons (Fsp3) is 0.550. The summed E-state index contributed by atoms with van der Waals surface area (Å²) in [5.41, 5.74) is 3.63. The van der Waals surface area contributed by atoms with Gasteiger partial charge < -0.3 is 15.5 Å². The van der Waals surface area contributed by atoms with E-state index >= 15 is 0 Å². The molecule has 29 heavy (non-hydrogen) atoms. The maximum absolute atomic E-state index is 11.9. The summed E-state index contributed by atoms with van der Waals surface area (Å²) >= 11 is 1.75. The van der Waals surface area contributed by atoms with Crippen molar-refractivity contribution in [3.63, 3.8) is 0 Å². The number of nitrogens with one attached hydrogen (secondary N) is 2. The Labute approximate surface area is 195 Å². The fourth-order valence-electron chi connectivity index (χ4n) is 2.87. The van der Waals surface area contributed by atoms with Crippen molar-refractivity contribution in [3.05, 3.63) is 39.3 Å². The molecule has 162 valence electrons. The Kier molecular flexibility index (Phi) is 11.3. The third-order valence-corrected chi connectivity index (χ3v) is 5.61. The molecule has 0 aromatic carbocycles. The molecule has 0 saturated heterocycles. The molecule has 0 aliphatic heterocycles. The van der Waals surface area contributed by atoms with E-state index in [1.807, 2.05) is 11.7 Å². The minimum Gasteiger partial charge on any atom is -0.356 e. The largest absolute Gasteiger partial charge is 0.356 e. The number of rotatable bonds is 9. The molecule has 0 fully saturated rings. The van der Waals surface area contributed by atoms with Crippen LogP contribution in [0.3, 0.4) is 0 Å². The van der Waals surface area contributed by atoms with E-state index in [0.29, 0.717) is 5.96 Å². The van der Waals surface area contributed by atoms with Gasteiger partial charge in [-0.25, -0.2) is 4.99 Å². The van der Waals surface area contributed by atoms with E-state index in [1.165, 1.54) is 16.1 Å². The van der Waals surface area contributed by atoms with Gasteiger partial charge >= 0.3 is 0 Å². The molecule has 0 aliphatic rings. The summed E-state index contributed by atoms with van der Waals surface area (Å²) in [5, 5.41) is 13.2. The van der Waals surface area contributed by atoms with Gasteiger partial charge in [-0.2, -0.15) is 5.10 Å². The van der Waals surface area contributed by atoms with Crippen molar-refractivity contribution >= 4 is 47.2 Å². The molecule has 2 rings (SSSR count). The monoisotopic (exact) mass is 532 g/mol. The van der Waals surface area contributed by atoms with Gasteiger partial charge in [0.05, 0.1) is 5.69 Å². The van der Waals surface area contributed by atoms with Crippen molar-refractivity contribution in [2.45, 2.75) is 33.1 Å². The second kappa shape index (κ2) is 12.8. The third-order valence-electron chi connectivity index (χ3n) is 4.67. The van der Waals surface area contributed by atoms with Crippen LogP contribution in [0.4, 0.5) is 0 Å². The lowest BCUT2D eigenvalue weighted by Gasteiger charge is -2.13. The van der Waals surface area contributed by atoms with Gasteiger partial charge in [-0.3, -0.25) is 9.48 Å². The quantitative estimate of drug-likeness (QED) is 0.225. The Balaban J connectivity index is 0.00000420. The van der Waals surface area contributed by atoms with Crippen LogP contribution in [0.2, 0.25) is 0 Å². The highest BCUT2D eigenvalue weighted by Gasteiger charge is 2.09. The number of likely N-dealkylation sites (N-methyl/N-ethyl adjacent to an activating group) is 1. The van der Waals surface area contributed by atoms with E-state index in [1.54, 1.807) is 30.3 Å². The molecule has 0 unspecified atom stereocenters. The standard InChI is InChI=1S/C20H32N6OS.HI/c1-15-18(16(2)26(5)24-15)9-6-11-21-20(23-14-19(27)25(3)4)22-12-10-17-8-7-13-28-17;/h7-8,13H,6,9-12,14H2,1-5H3,(H2,21,22,23);1H. The van der Waals surface area contributed by atoms with Gasteiger partial charge in [0.2, 0.25) is 5.91 Å². The minimum absolute atomic E-state index is 0. The second-order valence-electron chi connectivity index (χ2n) is 7.01. The molecule has 2 heterocycles. The Morgan fingerprint density at radius 3 is 2.55 bits per heavy atom. The Morgan fingerprint density at radius 2 is 1.97 bits per heavy atom. The summed E-state index contributed by atoms with van der Waals surface area (Å²) in [6, 6.07) is 4.19. The first-order valence-corrected chi connectivity index (χ1v) is 10.5. The summed E-state index contributed by atoms with van der Waals surface area (Å²) in [5.74, 6) is 0.673. The molecule has 0 spiro atoms. The van der Waals surface area contributed by atoms with Crippen molar-refractivity contribution in [2.24, 2.45) is 12.0 Å². The van der Waals surface area contributed by atoms with E-state index in [0.717, 1.165) is 38.0 Å².